The van der Waals surface area contributed by atoms with Gasteiger partial charge in [-0.25, -0.2) is 14.5 Å². The second-order valence-corrected chi connectivity index (χ2v) is 13.3. The predicted molar refractivity (Wildman–Crippen MR) is 158 cm³/mol. The van der Waals surface area contributed by atoms with Crippen molar-refractivity contribution in [3.63, 3.8) is 0 Å². The molecule has 1 aromatic carbocycles. The van der Waals surface area contributed by atoms with Gasteiger partial charge in [-0.05, 0) is 97.6 Å². The molecule has 1 unspecified atom stereocenters. The molecule has 3 fully saturated rings. The van der Waals surface area contributed by atoms with Crippen LogP contribution >= 0.6 is 0 Å². The van der Waals surface area contributed by atoms with Gasteiger partial charge < -0.3 is 14.3 Å². The molecule has 0 aliphatic heterocycles. The van der Waals surface area contributed by atoms with Crippen molar-refractivity contribution in [2.24, 2.45) is 28.6 Å². The number of nitrogens with zero attached hydrogens (tertiary/aromatic N) is 3. The number of hydrogen-bond acceptors (Lipinski definition) is 7. The Morgan fingerprint density at radius 2 is 1.93 bits per heavy atom. The first-order valence-corrected chi connectivity index (χ1v) is 15.2. The average molecular weight is 586 g/mol. The minimum Gasteiger partial charge on any atom is -0.457 e. The van der Waals surface area contributed by atoms with Crippen LogP contribution in [0.5, 0.6) is 0 Å². The van der Waals surface area contributed by atoms with E-state index in [-0.39, 0.29) is 28.9 Å². The molecule has 4 aliphatic rings. The zero-order valence-electron chi connectivity index (χ0n) is 25.2. The zero-order valence-corrected chi connectivity index (χ0v) is 25.2. The molecule has 7 rings (SSSR count). The van der Waals surface area contributed by atoms with Crippen LogP contribution in [0.15, 0.2) is 64.9 Å². The number of benzene rings is 1. The molecule has 2 aromatic heterocycles. The molecule has 2 heterocycles. The van der Waals surface area contributed by atoms with E-state index in [1.54, 1.807) is 6.07 Å². The van der Waals surface area contributed by atoms with E-state index in [9.17, 15) is 14.7 Å². The molecule has 226 valence electrons. The lowest BCUT2D eigenvalue weighted by Crippen LogP contribution is -2.64. The number of fused-ring (bicyclic) bond motifs is 6. The van der Waals surface area contributed by atoms with Crippen LogP contribution in [0.25, 0.3) is 11.8 Å². The van der Waals surface area contributed by atoms with Crippen LogP contribution in [0, 0.1) is 28.6 Å². The van der Waals surface area contributed by atoms with Crippen LogP contribution in [-0.4, -0.2) is 57.7 Å². The minimum absolute atomic E-state index is 0.00522. The van der Waals surface area contributed by atoms with E-state index in [4.69, 9.17) is 19.1 Å². The molecule has 4 aliphatic carbocycles. The summed E-state index contributed by atoms with van der Waals surface area (Å²) in [6.07, 6.45) is 9.00. The number of likely N-dealkylation sites (N-methyl/N-ethyl adjacent to an activating group) is 1. The Bertz CT molecular complexity index is 1580. The standard InChI is InChI=1S/C34H39N3O6/c1-32-18-21-20-35-37(23-9-6-5-7-10-23)26(21)17-22(32)12-13-24-25-14-15-34(31(40)36(3)41-4,33(25,2)19-27(38)29(24)32)43-30(39)28-11-8-16-42-28/h5-11,16-17,20,24-25,27,29,38H,12-15,18-19H2,1-4H3/t24-,25-,27?,29+,32-,33-,34-/m0/s1. The number of hydroxylamine groups is 2. The summed E-state index contributed by atoms with van der Waals surface area (Å²) in [5.74, 6) is -0.813. The fraction of sp³-hybridized carbons (Fsp3) is 0.500. The molecule has 1 amide bonds. The van der Waals surface area contributed by atoms with Crippen LogP contribution in [0.4, 0.5) is 0 Å². The molecule has 1 N–H and O–H groups in total. The summed E-state index contributed by atoms with van der Waals surface area (Å²) >= 11 is 0. The van der Waals surface area contributed by atoms with Crippen LogP contribution in [-0.2, 0) is 20.8 Å². The first-order valence-electron chi connectivity index (χ1n) is 15.2. The number of rotatable bonds is 5. The topological polar surface area (TPSA) is 107 Å². The smallest absolute Gasteiger partial charge is 0.375 e. The first-order chi connectivity index (χ1) is 20.6. The largest absolute Gasteiger partial charge is 0.457 e. The number of esters is 1. The van der Waals surface area contributed by atoms with E-state index >= 15 is 0 Å². The summed E-state index contributed by atoms with van der Waals surface area (Å²) in [6, 6.07) is 13.3. The Morgan fingerprint density at radius 1 is 1.14 bits per heavy atom. The van der Waals surface area contributed by atoms with Crippen LogP contribution < -0.4 is 0 Å². The minimum atomic E-state index is -1.49. The Hall–Kier alpha value is -3.69. The second kappa shape index (κ2) is 9.92. The van der Waals surface area contributed by atoms with Gasteiger partial charge in [-0.15, -0.1) is 0 Å². The third-order valence-electron chi connectivity index (χ3n) is 11.4. The van der Waals surface area contributed by atoms with Gasteiger partial charge in [0.2, 0.25) is 5.76 Å². The van der Waals surface area contributed by atoms with Crippen molar-refractivity contribution in [3.05, 3.63) is 77.5 Å². The number of aliphatic hydroxyl groups is 1. The molecule has 3 saturated carbocycles. The van der Waals surface area contributed by atoms with Crippen molar-refractivity contribution in [1.29, 1.82) is 0 Å². The number of furan rings is 1. The van der Waals surface area contributed by atoms with Crippen molar-refractivity contribution in [2.45, 2.75) is 64.1 Å². The van der Waals surface area contributed by atoms with Gasteiger partial charge in [-0.2, -0.15) is 5.10 Å². The maximum absolute atomic E-state index is 14.1. The highest BCUT2D eigenvalue weighted by molar-refractivity contribution is 5.93. The molecular formula is C34H39N3O6. The number of carbonyl (C=O) groups excluding carboxylic acids is 2. The second-order valence-electron chi connectivity index (χ2n) is 13.3. The number of allylic oxidation sites excluding steroid dienone is 1. The lowest BCUT2D eigenvalue weighted by molar-refractivity contribution is -0.213. The zero-order chi connectivity index (χ0) is 30.1. The Morgan fingerprint density at radius 3 is 2.65 bits per heavy atom. The third kappa shape index (κ3) is 3.93. The molecule has 9 nitrogen and oxygen atoms in total. The maximum atomic E-state index is 14.1. The van der Waals surface area contributed by atoms with Gasteiger partial charge in [0, 0.05) is 12.5 Å². The highest BCUT2D eigenvalue weighted by Crippen LogP contribution is 2.68. The molecule has 0 spiro atoms. The summed E-state index contributed by atoms with van der Waals surface area (Å²) in [4.78, 5) is 32.7. The van der Waals surface area contributed by atoms with Gasteiger partial charge in [0.15, 0.2) is 5.60 Å². The van der Waals surface area contributed by atoms with E-state index in [1.165, 1.54) is 37.6 Å². The molecule has 0 bridgehead atoms. The highest BCUT2D eigenvalue weighted by atomic mass is 16.7. The van der Waals surface area contributed by atoms with Gasteiger partial charge in [0.05, 0.1) is 37.1 Å². The predicted octanol–water partition coefficient (Wildman–Crippen LogP) is 5.23. The number of para-hydroxylation sites is 1. The molecule has 3 aromatic rings. The van der Waals surface area contributed by atoms with Crippen molar-refractivity contribution in [2.75, 3.05) is 14.2 Å². The molecule has 0 saturated heterocycles. The number of aliphatic hydroxyl groups excluding tert-OH is 1. The summed E-state index contributed by atoms with van der Waals surface area (Å²) in [7, 11) is 2.96. The third-order valence-corrected chi connectivity index (χ3v) is 11.4. The number of carbonyl (C=O) groups is 2. The lowest BCUT2D eigenvalue weighted by Gasteiger charge is -2.60. The summed E-state index contributed by atoms with van der Waals surface area (Å²) in [5.41, 5.74) is 2.14. The van der Waals surface area contributed by atoms with Crippen molar-refractivity contribution < 1.29 is 28.7 Å². The van der Waals surface area contributed by atoms with Crippen LogP contribution in [0.1, 0.15) is 67.8 Å². The Kier molecular flexibility index (Phi) is 6.48. The van der Waals surface area contributed by atoms with Gasteiger partial charge in [0.1, 0.15) is 0 Å². The number of ether oxygens (including phenoxy) is 1. The monoisotopic (exact) mass is 585 g/mol. The van der Waals surface area contributed by atoms with E-state index in [0.29, 0.717) is 19.3 Å². The molecule has 43 heavy (non-hydrogen) atoms. The lowest BCUT2D eigenvalue weighted by atomic mass is 9.45. The van der Waals surface area contributed by atoms with E-state index in [2.05, 4.69) is 25.1 Å². The van der Waals surface area contributed by atoms with Gasteiger partial charge >= 0.3 is 5.97 Å². The molecule has 0 radical (unpaired) electrons. The number of hydrogen-bond donors (Lipinski definition) is 1. The quantitative estimate of drug-likeness (QED) is 0.323. The van der Waals surface area contributed by atoms with E-state index < -0.39 is 29.0 Å². The van der Waals surface area contributed by atoms with Crippen LogP contribution in [0.3, 0.4) is 0 Å². The molecular weight excluding hydrogens is 546 g/mol. The summed E-state index contributed by atoms with van der Waals surface area (Å²) < 4.78 is 13.6. The number of aromatic nitrogens is 2. The number of amides is 1. The molecule has 7 atom stereocenters. The summed E-state index contributed by atoms with van der Waals surface area (Å²) in [5, 5.41) is 18.0. The van der Waals surface area contributed by atoms with E-state index in [1.807, 2.05) is 36.0 Å². The van der Waals surface area contributed by atoms with Gasteiger partial charge in [0.25, 0.3) is 5.91 Å². The first kappa shape index (κ1) is 28.1. The Balaban J connectivity index is 1.25. The fourth-order valence-corrected chi connectivity index (χ4v) is 9.45. The normalized spacial score (nSPS) is 34.3. The van der Waals surface area contributed by atoms with E-state index in [0.717, 1.165) is 35.7 Å². The van der Waals surface area contributed by atoms with Crippen LogP contribution in [0.2, 0.25) is 0 Å². The highest BCUT2D eigenvalue weighted by Gasteiger charge is 2.71. The maximum Gasteiger partial charge on any atom is 0.375 e. The summed E-state index contributed by atoms with van der Waals surface area (Å²) in [6.45, 7) is 4.32. The fourth-order valence-electron chi connectivity index (χ4n) is 9.45. The molecule has 9 heteroatoms. The SMILES string of the molecule is CON(C)C(=O)[C@@]1(OC(=O)c2ccco2)CC[C@H]2[C@@H]3CCC4=Cc5c(cnn5-c5ccccc5)C[C@]4(C)[C@H]3C(O)C[C@@]21C. The van der Waals surface area contributed by atoms with Gasteiger partial charge in [-0.3, -0.25) is 9.63 Å². The van der Waals surface area contributed by atoms with Crippen molar-refractivity contribution in [3.8, 4) is 5.69 Å². The Labute approximate surface area is 251 Å². The van der Waals surface area contributed by atoms with Crippen molar-refractivity contribution in [1.82, 2.24) is 14.8 Å². The average Bonchev–Trinajstić information content (AvgIpc) is 3.74. The van der Waals surface area contributed by atoms with Gasteiger partial charge in [-0.1, -0.05) is 37.6 Å². The van der Waals surface area contributed by atoms with Crippen molar-refractivity contribution >= 4 is 18.0 Å².